The van der Waals surface area contributed by atoms with Gasteiger partial charge in [0.05, 0.1) is 18.7 Å². The third-order valence-corrected chi connectivity index (χ3v) is 8.07. The summed E-state index contributed by atoms with van der Waals surface area (Å²) >= 11 is 0. The number of fused-ring (bicyclic) bond motifs is 2. The van der Waals surface area contributed by atoms with E-state index in [0.29, 0.717) is 52.2 Å². The molecule has 1 amide bonds. The van der Waals surface area contributed by atoms with E-state index in [0.717, 1.165) is 49.8 Å². The van der Waals surface area contributed by atoms with E-state index >= 15 is 0 Å². The van der Waals surface area contributed by atoms with Gasteiger partial charge in [-0.3, -0.25) is 0 Å². The Morgan fingerprint density at radius 2 is 1.53 bits per heavy atom. The molecule has 6 rings (SSSR count). The van der Waals surface area contributed by atoms with Crippen LogP contribution in [0.5, 0.6) is 5.75 Å². The van der Waals surface area contributed by atoms with E-state index in [2.05, 4.69) is 34.1 Å². The van der Waals surface area contributed by atoms with Crippen LogP contribution in [0.1, 0.15) is 29.4 Å². The highest BCUT2D eigenvalue weighted by molar-refractivity contribution is 6.04. The number of aromatic amines is 1. The minimum atomic E-state index is -0.976. The lowest BCUT2D eigenvalue weighted by atomic mass is 9.98. The Hall–Kier alpha value is -4.98. The molecule has 0 spiro atoms. The second-order valence-electron chi connectivity index (χ2n) is 10.6. The van der Waals surface area contributed by atoms with Crippen LogP contribution in [-0.2, 0) is 11.2 Å². The smallest absolute Gasteiger partial charge is 0.409 e. The van der Waals surface area contributed by atoms with E-state index in [1.165, 1.54) is 0 Å². The van der Waals surface area contributed by atoms with Crippen molar-refractivity contribution < 1.29 is 24.2 Å². The maximum atomic E-state index is 12.4. The molecule has 4 aromatic carbocycles. The van der Waals surface area contributed by atoms with Gasteiger partial charge in [0.25, 0.3) is 0 Å². The summed E-state index contributed by atoms with van der Waals surface area (Å²) in [5.41, 5.74) is 4.82. The second-order valence-corrected chi connectivity index (χ2v) is 10.6. The van der Waals surface area contributed by atoms with Crippen LogP contribution in [0.4, 0.5) is 10.5 Å². The fourth-order valence-corrected chi connectivity index (χ4v) is 6.01. The summed E-state index contributed by atoms with van der Waals surface area (Å²) in [5.74, 6) is -0.145. The first-order chi connectivity index (χ1) is 21.0. The number of para-hydroxylation sites is 2. The molecular formula is C35H35N3O5. The van der Waals surface area contributed by atoms with Gasteiger partial charge in [-0.2, -0.15) is 0 Å². The van der Waals surface area contributed by atoms with Crippen LogP contribution in [0.3, 0.4) is 0 Å². The number of H-pyrrole nitrogens is 1. The predicted octanol–water partition coefficient (Wildman–Crippen LogP) is 6.98. The van der Waals surface area contributed by atoms with Gasteiger partial charge in [-0.15, -0.1) is 0 Å². The Kier molecular flexibility index (Phi) is 8.18. The summed E-state index contributed by atoms with van der Waals surface area (Å²) in [4.78, 5) is 31.8. The molecule has 0 bridgehead atoms. The Balaban J connectivity index is 1.24. The number of aryl methyl sites for hydroxylation is 1. The van der Waals surface area contributed by atoms with Gasteiger partial charge in [0, 0.05) is 53.8 Å². The molecule has 1 aromatic heterocycles. The van der Waals surface area contributed by atoms with Crippen LogP contribution < -0.4 is 9.64 Å². The summed E-state index contributed by atoms with van der Waals surface area (Å²) in [6.45, 7) is 5.16. The average Bonchev–Trinajstić information content (AvgIpc) is 3.42. The zero-order chi connectivity index (χ0) is 29.8. The van der Waals surface area contributed by atoms with Crippen molar-refractivity contribution in [3.8, 4) is 16.9 Å². The molecule has 0 radical (unpaired) electrons. The Morgan fingerprint density at radius 3 is 2.35 bits per heavy atom. The lowest BCUT2D eigenvalue weighted by Crippen LogP contribution is -2.49. The largest absolute Gasteiger partial charge is 0.493 e. The van der Waals surface area contributed by atoms with Crippen molar-refractivity contribution in [3.63, 3.8) is 0 Å². The minimum absolute atomic E-state index is 0.216. The van der Waals surface area contributed by atoms with E-state index in [-0.39, 0.29) is 11.8 Å². The molecule has 2 heterocycles. The summed E-state index contributed by atoms with van der Waals surface area (Å²) in [5, 5.41) is 13.2. The summed E-state index contributed by atoms with van der Waals surface area (Å²) in [6, 6.07) is 28.3. The number of ether oxygens (including phenoxy) is 2. The van der Waals surface area contributed by atoms with Crippen molar-refractivity contribution in [3.05, 3.63) is 96.2 Å². The van der Waals surface area contributed by atoms with Gasteiger partial charge in [0.2, 0.25) is 0 Å². The van der Waals surface area contributed by atoms with Crippen LogP contribution >= 0.6 is 0 Å². The van der Waals surface area contributed by atoms with Crippen molar-refractivity contribution in [2.24, 2.45) is 0 Å². The first kappa shape index (κ1) is 28.2. The number of benzene rings is 4. The van der Waals surface area contributed by atoms with Gasteiger partial charge >= 0.3 is 12.1 Å². The van der Waals surface area contributed by atoms with Gasteiger partial charge in [0.1, 0.15) is 11.4 Å². The van der Waals surface area contributed by atoms with Gasteiger partial charge < -0.3 is 29.4 Å². The molecule has 220 valence electrons. The summed E-state index contributed by atoms with van der Waals surface area (Å²) in [6.07, 6.45) is 0.956. The fourth-order valence-electron chi connectivity index (χ4n) is 6.01. The topological polar surface area (TPSA) is 95.1 Å². The van der Waals surface area contributed by atoms with Crippen LogP contribution in [0.25, 0.3) is 32.8 Å². The minimum Gasteiger partial charge on any atom is -0.493 e. The van der Waals surface area contributed by atoms with Crippen LogP contribution in [-0.4, -0.2) is 66.4 Å². The number of carboxylic acid groups (broad SMARTS) is 1. The van der Waals surface area contributed by atoms with Crippen molar-refractivity contribution in [2.75, 3.05) is 44.3 Å². The fraction of sp³-hybridized carbons (Fsp3) is 0.257. The second kappa shape index (κ2) is 12.5. The molecule has 0 atom stereocenters. The molecule has 1 aliphatic rings. The zero-order valence-electron chi connectivity index (χ0n) is 24.2. The number of aromatic nitrogens is 1. The lowest BCUT2D eigenvalue weighted by Gasteiger charge is -2.36. The SMILES string of the molecule is CCOC(=O)N1CCN(c2ccccc2-c2cccc3c(CCCOc4cccc5ccccc45)c(C(=O)O)[nH]c23)CC1. The Labute approximate surface area is 250 Å². The predicted molar refractivity (Wildman–Crippen MR) is 169 cm³/mol. The number of carbonyl (C=O) groups excluding carboxylic acids is 1. The third-order valence-electron chi connectivity index (χ3n) is 8.07. The monoisotopic (exact) mass is 577 g/mol. The number of carboxylic acids is 1. The molecule has 8 heteroatoms. The summed E-state index contributed by atoms with van der Waals surface area (Å²) < 4.78 is 11.3. The van der Waals surface area contributed by atoms with E-state index in [1.807, 2.05) is 67.6 Å². The lowest BCUT2D eigenvalue weighted by molar-refractivity contribution is 0.0690. The molecule has 8 nitrogen and oxygen atoms in total. The van der Waals surface area contributed by atoms with Crippen molar-refractivity contribution in [1.29, 1.82) is 0 Å². The molecule has 1 aliphatic heterocycles. The Bertz CT molecular complexity index is 1770. The molecule has 2 N–H and O–H groups in total. The highest BCUT2D eigenvalue weighted by atomic mass is 16.6. The Morgan fingerprint density at radius 1 is 0.837 bits per heavy atom. The van der Waals surface area contributed by atoms with Gasteiger partial charge in [-0.25, -0.2) is 9.59 Å². The number of carbonyl (C=O) groups is 2. The normalized spacial score (nSPS) is 13.4. The summed E-state index contributed by atoms with van der Waals surface area (Å²) in [7, 11) is 0. The molecule has 0 aliphatic carbocycles. The molecule has 1 fully saturated rings. The number of piperazine rings is 1. The molecule has 43 heavy (non-hydrogen) atoms. The number of amides is 1. The number of rotatable bonds is 9. The van der Waals surface area contributed by atoms with Crippen LogP contribution in [0, 0.1) is 0 Å². The quantitative estimate of drug-likeness (QED) is 0.184. The molecule has 1 saturated heterocycles. The standard InChI is InChI=1S/C35H35N3O5/c1-2-42-35(41)38-21-19-37(20-22-38)30-17-6-5-13-26(30)27-14-8-15-28-29(33(34(39)40)36-32(27)28)16-9-23-43-31-18-7-11-24-10-3-4-12-25(24)31/h3-8,10-15,17-18,36H,2,9,16,19-23H2,1H3,(H,39,40). The van der Waals surface area contributed by atoms with Gasteiger partial charge in [0.15, 0.2) is 0 Å². The van der Waals surface area contributed by atoms with Gasteiger partial charge in [-0.1, -0.05) is 72.8 Å². The first-order valence-corrected chi connectivity index (χ1v) is 14.8. The van der Waals surface area contributed by atoms with Crippen LogP contribution in [0.2, 0.25) is 0 Å². The maximum Gasteiger partial charge on any atom is 0.409 e. The number of nitrogens with one attached hydrogen (secondary N) is 1. The highest BCUT2D eigenvalue weighted by Crippen LogP contribution is 2.38. The molecule has 0 saturated carbocycles. The maximum absolute atomic E-state index is 12.4. The van der Waals surface area contributed by atoms with E-state index in [1.54, 1.807) is 4.90 Å². The van der Waals surface area contributed by atoms with Crippen molar-refractivity contribution in [1.82, 2.24) is 9.88 Å². The van der Waals surface area contributed by atoms with E-state index in [9.17, 15) is 14.7 Å². The zero-order valence-corrected chi connectivity index (χ0v) is 24.2. The van der Waals surface area contributed by atoms with Crippen LogP contribution in [0.15, 0.2) is 84.9 Å². The number of hydrogen-bond donors (Lipinski definition) is 2. The number of aromatic carboxylic acids is 1. The van der Waals surface area contributed by atoms with E-state index in [4.69, 9.17) is 9.47 Å². The molecule has 5 aromatic rings. The van der Waals surface area contributed by atoms with E-state index < -0.39 is 5.97 Å². The number of nitrogens with zero attached hydrogens (tertiary/aromatic N) is 2. The van der Waals surface area contributed by atoms with Gasteiger partial charge in [-0.05, 0) is 42.8 Å². The third kappa shape index (κ3) is 5.73. The average molecular weight is 578 g/mol. The molecule has 0 unspecified atom stereocenters. The number of anilines is 1. The van der Waals surface area contributed by atoms with Crippen molar-refractivity contribution >= 4 is 39.4 Å². The number of hydrogen-bond acceptors (Lipinski definition) is 5. The van der Waals surface area contributed by atoms with Crippen molar-refractivity contribution in [2.45, 2.75) is 19.8 Å². The first-order valence-electron chi connectivity index (χ1n) is 14.8. The highest BCUT2D eigenvalue weighted by Gasteiger charge is 2.25. The molecular weight excluding hydrogens is 542 g/mol.